The Morgan fingerprint density at radius 3 is 1.94 bits per heavy atom. The molecule has 2 aromatic carbocycles. The normalized spacial score (nSPS) is 11.5. The Kier molecular flexibility index (Phi) is 3.87. The van der Waals surface area contributed by atoms with Gasteiger partial charge in [-0.3, -0.25) is 0 Å². The maximum absolute atomic E-state index is 12.4. The van der Waals surface area contributed by atoms with Gasteiger partial charge < -0.3 is 0 Å². The average Bonchev–Trinajstić information content (AvgIpc) is 2.28. The van der Waals surface area contributed by atoms with Gasteiger partial charge in [-0.25, -0.2) is 8.42 Å². The van der Waals surface area contributed by atoms with Gasteiger partial charge in [-0.2, -0.15) is 0 Å². The minimum atomic E-state index is -3.72. The van der Waals surface area contributed by atoms with Crippen molar-refractivity contribution in [2.24, 2.45) is 0 Å². The van der Waals surface area contributed by atoms with Gasteiger partial charge in [0.2, 0.25) is 9.84 Å². The van der Waals surface area contributed by atoms with E-state index in [1.807, 2.05) is 0 Å². The molecule has 0 bridgehead atoms. The fourth-order valence-corrected chi connectivity index (χ4v) is 3.97. The number of hydrogen-bond donors (Lipinski definition) is 0. The summed E-state index contributed by atoms with van der Waals surface area (Å²) in [4.78, 5) is 0.0538. The maximum Gasteiger partial charge on any atom is 0.208 e. The topological polar surface area (TPSA) is 34.1 Å². The molecule has 0 aliphatic rings. The van der Waals surface area contributed by atoms with E-state index in [2.05, 4.69) is 0 Å². The predicted octanol–water partition coefficient (Wildman–Crippen LogP) is 4.48. The molecule has 0 saturated carbocycles. The molecular weight excluding hydrogens is 315 g/mol. The number of rotatable bonds is 2. The van der Waals surface area contributed by atoms with Crippen molar-refractivity contribution in [3.05, 3.63) is 57.5 Å². The fourth-order valence-electron chi connectivity index (χ4n) is 1.47. The van der Waals surface area contributed by atoms with Crippen LogP contribution in [-0.2, 0) is 9.84 Å². The van der Waals surface area contributed by atoms with Crippen molar-refractivity contribution < 1.29 is 8.42 Å². The highest BCUT2D eigenvalue weighted by atomic mass is 35.5. The van der Waals surface area contributed by atoms with Gasteiger partial charge in [-0.05, 0) is 30.3 Å². The van der Waals surface area contributed by atoms with Gasteiger partial charge in [-0.1, -0.05) is 46.9 Å². The van der Waals surface area contributed by atoms with Crippen LogP contribution in [0.2, 0.25) is 15.1 Å². The van der Waals surface area contributed by atoms with Crippen LogP contribution < -0.4 is 0 Å². The van der Waals surface area contributed by atoms with Crippen molar-refractivity contribution in [1.82, 2.24) is 0 Å². The highest BCUT2D eigenvalue weighted by Crippen LogP contribution is 2.30. The van der Waals surface area contributed by atoms with E-state index in [0.717, 1.165) is 0 Å². The van der Waals surface area contributed by atoms with Gasteiger partial charge in [0.15, 0.2) is 0 Å². The monoisotopic (exact) mass is 320 g/mol. The van der Waals surface area contributed by atoms with E-state index >= 15 is 0 Å². The van der Waals surface area contributed by atoms with Crippen LogP contribution in [0.15, 0.2) is 52.3 Å². The summed E-state index contributed by atoms with van der Waals surface area (Å²) in [6, 6.07) is 10.4. The standard InChI is InChI=1S/C12H7Cl3O2S/c13-8-5-9(14)7-10(6-8)18(16,17)12-4-2-1-3-11(12)15/h1-7H. The second-order valence-electron chi connectivity index (χ2n) is 3.54. The first-order valence-electron chi connectivity index (χ1n) is 4.87. The van der Waals surface area contributed by atoms with Crippen LogP contribution in [0.5, 0.6) is 0 Å². The SMILES string of the molecule is O=S(=O)(c1cc(Cl)cc(Cl)c1)c1ccccc1Cl. The Balaban J connectivity index is 2.66. The van der Waals surface area contributed by atoms with Crippen LogP contribution in [0.25, 0.3) is 0 Å². The molecule has 0 aliphatic heterocycles. The smallest absolute Gasteiger partial charge is 0.208 e. The molecule has 0 spiro atoms. The molecule has 2 rings (SSSR count). The maximum atomic E-state index is 12.4. The van der Waals surface area contributed by atoms with Gasteiger partial charge in [0.1, 0.15) is 0 Å². The molecule has 94 valence electrons. The molecular formula is C12H7Cl3O2S. The number of benzene rings is 2. The zero-order chi connectivity index (χ0) is 13.3. The average molecular weight is 322 g/mol. The van der Waals surface area contributed by atoms with Crippen LogP contribution in [0.3, 0.4) is 0 Å². The van der Waals surface area contributed by atoms with Crippen molar-refractivity contribution in [3.8, 4) is 0 Å². The predicted molar refractivity (Wildman–Crippen MR) is 73.4 cm³/mol. The second-order valence-corrected chi connectivity index (χ2v) is 6.74. The molecule has 0 radical (unpaired) electrons. The van der Waals surface area contributed by atoms with E-state index in [1.54, 1.807) is 12.1 Å². The van der Waals surface area contributed by atoms with Crippen LogP contribution >= 0.6 is 34.8 Å². The minimum absolute atomic E-state index is 0.0214. The zero-order valence-electron chi connectivity index (χ0n) is 8.90. The number of sulfone groups is 1. The molecule has 6 heteroatoms. The summed E-state index contributed by atoms with van der Waals surface area (Å²) in [5.74, 6) is 0. The molecule has 0 saturated heterocycles. The van der Waals surface area contributed by atoms with Gasteiger partial charge in [0, 0.05) is 10.0 Å². The lowest BCUT2D eigenvalue weighted by Crippen LogP contribution is -2.02. The van der Waals surface area contributed by atoms with Crippen LogP contribution in [-0.4, -0.2) is 8.42 Å². The quantitative estimate of drug-likeness (QED) is 0.817. The molecule has 18 heavy (non-hydrogen) atoms. The van der Waals surface area contributed by atoms with E-state index in [4.69, 9.17) is 34.8 Å². The number of hydrogen-bond acceptors (Lipinski definition) is 2. The molecule has 0 heterocycles. The van der Waals surface area contributed by atoms with Gasteiger partial charge in [0.25, 0.3) is 0 Å². The Morgan fingerprint density at radius 2 is 1.39 bits per heavy atom. The summed E-state index contributed by atoms with van der Waals surface area (Å²) in [7, 11) is -3.72. The van der Waals surface area contributed by atoms with E-state index in [-0.39, 0.29) is 24.9 Å². The Hall–Kier alpha value is -0.740. The van der Waals surface area contributed by atoms with E-state index in [1.165, 1.54) is 30.3 Å². The molecule has 0 unspecified atom stereocenters. The van der Waals surface area contributed by atoms with Gasteiger partial charge >= 0.3 is 0 Å². The fraction of sp³-hybridized carbons (Fsp3) is 0. The molecule has 0 aromatic heterocycles. The lowest BCUT2D eigenvalue weighted by molar-refractivity contribution is 0.596. The lowest BCUT2D eigenvalue weighted by atomic mass is 10.4. The van der Waals surface area contributed by atoms with Crippen LogP contribution in [0.1, 0.15) is 0 Å². The van der Waals surface area contributed by atoms with Crippen molar-refractivity contribution in [1.29, 1.82) is 0 Å². The third-order valence-electron chi connectivity index (χ3n) is 2.27. The Labute approximate surface area is 120 Å². The van der Waals surface area contributed by atoms with Crippen LogP contribution in [0, 0.1) is 0 Å². The molecule has 0 amide bonds. The van der Waals surface area contributed by atoms with Crippen molar-refractivity contribution in [2.75, 3.05) is 0 Å². The molecule has 2 aromatic rings. The van der Waals surface area contributed by atoms with E-state index < -0.39 is 9.84 Å². The first kappa shape index (κ1) is 13.7. The molecule has 2 nitrogen and oxygen atoms in total. The van der Waals surface area contributed by atoms with E-state index in [9.17, 15) is 8.42 Å². The third kappa shape index (κ3) is 2.64. The summed E-state index contributed by atoms with van der Waals surface area (Å²) < 4.78 is 24.7. The van der Waals surface area contributed by atoms with Crippen LogP contribution in [0.4, 0.5) is 0 Å². The minimum Gasteiger partial charge on any atom is -0.218 e. The molecule has 0 N–H and O–H groups in total. The van der Waals surface area contributed by atoms with Crippen molar-refractivity contribution >= 4 is 44.6 Å². The third-order valence-corrected chi connectivity index (χ3v) is 4.94. The van der Waals surface area contributed by atoms with Gasteiger partial charge in [-0.15, -0.1) is 0 Å². The molecule has 0 fully saturated rings. The zero-order valence-corrected chi connectivity index (χ0v) is 12.0. The summed E-state index contributed by atoms with van der Waals surface area (Å²) in [6.07, 6.45) is 0. The Morgan fingerprint density at radius 1 is 0.833 bits per heavy atom. The number of halogens is 3. The summed E-state index contributed by atoms with van der Waals surface area (Å²) in [5.41, 5.74) is 0. The van der Waals surface area contributed by atoms with Crippen molar-refractivity contribution in [2.45, 2.75) is 9.79 Å². The highest BCUT2D eigenvalue weighted by Gasteiger charge is 2.21. The first-order chi connectivity index (χ1) is 8.41. The lowest BCUT2D eigenvalue weighted by Gasteiger charge is -2.07. The highest BCUT2D eigenvalue weighted by molar-refractivity contribution is 7.91. The van der Waals surface area contributed by atoms with Crippen molar-refractivity contribution in [3.63, 3.8) is 0 Å². The second kappa shape index (κ2) is 5.10. The largest absolute Gasteiger partial charge is 0.218 e. The summed E-state index contributed by atoms with van der Waals surface area (Å²) in [6.45, 7) is 0. The molecule has 0 aliphatic carbocycles. The summed E-state index contributed by atoms with van der Waals surface area (Å²) >= 11 is 17.5. The van der Waals surface area contributed by atoms with Gasteiger partial charge in [0.05, 0.1) is 14.8 Å². The van der Waals surface area contributed by atoms with E-state index in [0.29, 0.717) is 0 Å². The molecule has 0 atom stereocenters. The first-order valence-corrected chi connectivity index (χ1v) is 7.48. The Bertz CT molecular complexity index is 676. The summed E-state index contributed by atoms with van der Waals surface area (Å²) in [5, 5.41) is 0.676.